The number of benzene rings is 1. The van der Waals surface area contributed by atoms with Gasteiger partial charge in [0.05, 0.1) is 5.02 Å². The summed E-state index contributed by atoms with van der Waals surface area (Å²) in [5, 5.41) is 0.637. The smallest absolute Gasteiger partial charge is 0.164 e. The van der Waals surface area contributed by atoms with Crippen LogP contribution < -0.4 is 0 Å². The molecule has 2 aliphatic rings. The van der Waals surface area contributed by atoms with Crippen molar-refractivity contribution in [2.75, 3.05) is 0 Å². The van der Waals surface area contributed by atoms with Gasteiger partial charge in [-0.25, -0.2) is 0 Å². The van der Waals surface area contributed by atoms with Crippen LogP contribution in [0.25, 0.3) is 0 Å². The molecule has 0 atom stereocenters. The van der Waals surface area contributed by atoms with Gasteiger partial charge in [-0.1, -0.05) is 23.7 Å². The van der Waals surface area contributed by atoms with E-state index in [1.807, 2.05) is 12.1 Å². The maximum absolute atomic E-state index is 11.7. The molecule has 0 amide bonds. The Labute approximate surface area is 88.1 Å². The first-order valence-electron chi connectivity index (χ1n) is 5.05. The lowest BCUT2D eigenvalue weighted by atomic mass is 9.79. The van der Waals surface area contributed by atoms with Gasteiger partial charge in [0.25, 0.3) is 0 Å². The van der Waals surface area contributed by atoms with Gasteiger partial charge >= 0.3 is 0 Å². The first kappa shape index (κ1) is 8.49. The lowest BCUT2D eigenvalue weighted by Crippen LogP contribution is -2.21. The lowest BCUT2D eigenvalue weighted by molar-refractivity contribution is 0.0964. The van der Waals surface area contributed by atoms with E-state index in [2.05, 4.69) is 6.07 Å². The van der Waals surface area contributed by atoms with Crippen molar-refractivity contribution in [2.24, 2.45) is 0 Å². The molecular weight excluding hydrogens is 196 g/mol. The summed E-state index contributed by atoms with van der Waals surface area (Å²) in [5.41, 5.74) is 2.34. The zero-order chi connectivity index (χ0) is 9.76. The molecule has 2 aliphatic carbocycles. The lowest BCUT2D eigenvalue weighted by Gasteiger charge is -2.24. The zero-order valence-corrected chi connectivity index (χ0v) is 8.60. The van der Waals surface area contributed by atoms with E-state index in [1.165, 1.54) is 18.4 Å². The van der Waals surface area contributed by atoms with Crippen LogP contribution in [0, 0.1) is 0 Å². The number of hydrogen-bond acceptors (Lipinski definition) is 1. The van der Waals surface area contributed by atoms with E-state index in [0.717, 1.165) is 12.0 Å². The summed E-state index contributed by atoms with van der Waals surface area (Å²) in [6.07, 6.45) is 4.16. The van der Waals surface area contributed by atoms with E-state index < -0.39 is 0 Å². The second-order valence-corrected chi connectivity index (χ2v) is 4.77. The van der Waals surface area contributed by atoms with Crippen LogP contribution in [0.1, 0.15) is 41.6 Å². The first-order chi connectivity index (χ1) is 6.73. The van der Waals surface area contributed by atoms with Gasteiger partial charge in [0, 0.05) is 12.0 Å². The molecule has 14 heavy (non-hydrogen) atoms. The minimum atomic E-state index is 0.225. The fourth-order valence-corrected chi connectivity index (χ4v) is 2.81. The molecule has 2 heteroatoms. The quantitative estimate of drug-likeness (QED) is 0.636. The van der Waals surface area contributed by atoms with Crippen LogP contribution in [0.2, 0.25) is 5.02 Å². The standard InChI is InChI=1S/C12H11ClO/c13-9-3-1-2-8-11(9)10(14)4-5-12(8)6-7-12/h1-3H,4-7H2. The minimum Gasteiger partial charge on any atom is -0.294 e. The number of carbonyl (C=O) groups excluding carboxylic acids is 1. The predicted molar refractivity (Wildman–Crippen MR) is 55.9 cm³/mol. The maximum Gasteiger partial charge on any atom is 0.164 e. The molecule has 0 unspecified atom stereocenters. The van der Waals surface area contributed by atoms with Gasteiger partial charge in [0.2, 0.25) is 0 Å². The molecule has 0 N–H and O–H groups in total. The third kappa shape index (κ3) is 0.992. The number of Topliss-reactive ketones (excluding diaryl/α,β-unsaturated/α-hetero) is 1. The number of fused-ring (bicyclic) bond motifs is 2. The van der Waals surface area contributed by atoms with Crippen LogP contribution in [0.3, 0.4) is 0 Å². The molecule has 1 aromatic carbocycles. The van der Waals surface area contributed by atoms with Crippen LogP contribution in [0.15, 0.2) is 18.2 Å². The zero-order valence-electron chi connectivity index (χ0n) is 7.85. The number of hydrogen-bond donors (Lipinski definition) is 0. The Morgan fingerprint density at radius 2 is 2.00 bits per heavy atom. The normalized spacial score (nSPS) is 22.2. The second kappa shape index (κ2) is 2.60. The Morgan fingerprint density at radius 3 is 2.71 bits per heavy atom. The average molecular weight is 207 g/mol. The molecule has 1 nitrogen and oxygen atoms in total. The molecule has 0 saturated heterocycles. The summed E-state index contributed by atoms with van der Waals surface area (Å²) in [5.74, 6) is 0.225. The van der Waals surface area contributed by atoms with Crippen LogP contribution >= 0.6 is 11.6 Å². The highest BCUT2D eigenvalue weighted by atomic mass is 35.5. The molecule has 1 aromatic rings. The summed E-state index contributed by atoms with van der Waals surface area (Å²) < 4.78 is 0. The Hall–Kier alpha value is -0.820. The monoisotopic (exact) mass is 206 g/mol. The Kier molecular flexibility index (Phi) is 1.58. The SMILES string of the molecule is O=C1CCC2(CC2)c2cccc(Cl)c21. The molecule has 0 radical (unpaired) electrons. The fraction of sp³-hybridized carbons (Fsp3) is 0.417. The van der Waals surface area contributed by atoms with Crippen LogP contribution in [0.4, 0.5) is 0 Å². The molecule has 0 heterocycles. The molecule has 0 bridgehead atoms. The molecule has 3 rings (SSSR count). The van der Waals surface area contributed by atoms with E-state index in [0.29, 0.717) is 16.9 Å². The second-order valence-electron chi connectivity index (χ2n) is 4.37. The molecule has 72 valence electrons. The number of ketones is 1. The summed E-state index contributed by atoms with van der Waals surface area (Å²) >= 11 is 6.07. The Morgan fingerprint density at radius 1 is 1.21 bits per heavy atom. The summed E-state index contributed by atoms with van der Waals surface area (Å²) in [4.78, 5) is 11.7. The highest BCUT2D eigenvalue weighted by Crippen LogP contribution is 2.56. The van der Waals surface area contributed by atoms with Gasteiger partial charge in [-0.05, 0) is 36.3 Å². The highest BCUT2D eigenvalue weighted by Gasteiger charge is 2.48. The third-order valence-corrected chi connectivity index (χ3v) is 3.86. The number of carbonyl (C=O) groups is 1. The largest absolute Gasteiger partial charge is 0.294 e. The van der Waals surface area contributed by atoms with Crippen molar-refractivity contribution in [1.82, 2.24) is 0 Å². The van der Waals surface area contributed by atoms with Crippen molar-refractivity contribution in [3.63, 3.8) is 0 Å². The van der Waals surface area contributed by atoms with E-state index >= 15 is 0 Å². The highest BCUT2D eigenvalue weighted by molar-refractivity contribution is 6.34. The summed E-state index contributed by atoms with van der Waals surface area (Å²) in [6.45, 7) is 0. The van der Waals surface area contributed by atoms with Crippen molar-refractivity contribution < 1.29 is 4.79 Å². The van der Waals surface area contributed by atoms with Gasteiger partial charge in [-0.15, -0.1) is 0 Å². The molecule has 0 aromatic heterocycles. The molecule has 1 spiro atoms. The van der Waals surface area contributed by atoms with Crippen molar-refractivity contribution >= 4 is 17.4 Å². The number of halogens is 1. The van der Waals surface area contributed by atoms with Crippen LogP contribution in [0.5, 0.6) is 0 Å². The van der Waals surface area contributed by atoms with Crippen LogP contribution in [-0.4, -0.2) is 5.78 Å². The minimum absolute atomic E-state index is 0.225. The molecule has 1 fully saturated rings. The first-order valence-corrected chi connectivity index (χ1v) is 5.43. The van der Waals surface area contributed by atoms with Crippen molar-refractivity contribution in [3.8, 4) is 0 Å². The van der Waals surface area contributed by atoms with Crippen molar-refractivity contribution in [3.05, 3.63) is 34.3 Å². The summed E-state index contributed by atoms with van der Waals surface area (Å²) in [7, 11) is 0. The third-order valence-electron chi connectivity index (χ3n) is 3.55. The van der Waals surface area contributed by atoms with Gasteiger partial charge in [-0.2, -0.15) is 0 Å². The van der Waals surface area contributed by atoms with Crippen LogP contribution in [-0.2, 0) is 5.41 Å². The van der Waals surface area contributed by atoms with E-state index in [1.54, 1.807) is 0 Å². The predicted octanol–water partition coefficient (Wildman–Crippen LogP) is 3.35. The molecular formula is C12H11ClO. The van der Waals surface area contributed by atoms with E-state index in [9.17, 15) is 4.79 Å². The van der Waals surface area contributed by atoms with Gasteiger partial charge in [0.1, 0.15) is 0 Å². The fourth-order valence-electron chi connectivity index (χ4n) is 2.53. The Bertz CT molecular complexity index is 418. The van der Waals surface area contributed by atoms with E-state index in [4.69, 9.17) is 11.6 Å². The van der Waals surface area contributed by atoms with E-state index in [-0.39, 0.29) is 5.78 Å². The molecule has 1 saturated carbocycles. The van der Waals surface area contributed by atoms with Gasteiger partial charge in [-0.3, -0.25) is 4.79 Å². The average Bonchev–Trinajstić information content (AvgIpc) is 2.93. The number of rotatable bonds is 0. The molecule has 0 aliphatic heterocycles. The maximum atomic E-state index is 11.7. The summed E-state index contributed by atoms with van der Waals surface area (Å²) in [6, 6.07) is 5.85. The topological polar surface area (TPSA) is 17.1 Å². The Balaban J connectivity index is 2.26. The van der Waals surface area contributed by atoms with Gasteiger partial charge < -0.3 is 0 Å². The van der Waals surface area contributed by atoms with Crippen molar-refractivity contribution in [1.29, 1.82) is 0 Å². The van der Waals surface area contributed by atoms with Crippen molar-refractivity contribution in [2.45, 2.75) is 31.1 Å². The van der Waals surface area contributed by atoms with Gasteiger partial charge in [0.15, 0.2) is 5.78 Å².